The molecule has 1 heterocycles. The highest BCUT2D eigenvalue weighted by Crippen LogP contribution is 2.50. The van der Waals surface area contributed by atoms with Crippen LogP contribution in [0, 0.1) is 5.41 Å². The van der Waals surface area contributed by atoms with Gasteiger partial charge >= 0.3 is 5.97 Å². The first-order chi connectivity index (χ1) is 14.7. The average molecular weight is 437 g/mol. The summed E-state index contributed by atoms with van der Waals surface area (Å²) < 4.78 is 5.11. The van der Waals surface area contributed by atoms with Crippen LogP contribution in [0.15, 0.2) is 77.3 Å². The number of carbonyl (C=O) groups is 2. The highest BCUT2D eigenvalue weighted by molar-refractivity contribution is 6.30. The normalized spacial score (nSPS) is 20.6. The highest BCUT2D eigenvalue weighted by Gasteiger charge is 2.46. The molecule has 0 bridgehead atoms. The summed E-state index contributed by atoms with van der Waals surface area (Å²) in [5.74, 6) is -0.921. The van der Waals surface area contributed by atoms with E-state index in [4.69, 9.17) is 22.1 Å². The SMILES string of the molecule is COC(=O)C1=C(N)N(c2ccccc2)C2=C(C(=O)CC(C)(C)C2)C1c1cccc(Cl)c1. The summed E-state index contributed by atoms with van der Waals surface area (Å²) >= 11 is 6.27. The van der Waals surface area contributed by atoms with Gasteiger partial charge in [-0.05, 0) is 41.7 Å². The first-order valence-corrected chi connectivity index (χ1v) is 10.6. The molecule has 6 heteroatoms. The Kier molecular flexibility index (Phi) is 5.40. The number of para-hydroxylation sites is 1. The van der Waals surface area contributed by atoms with Crippen LogP contribution >= 0.6 is 11.6 Å². The first-order valence-electron chi connectivity index (χ1n) is 10.2. The van der Waals surface area contributed by atoms with Crippen LogP contribution in [-0.2, 0) is 14.3 Å². The summed E-state index contributed by atoms with van der Waals surface area (Å²) in [5.41, 5.74) is 9.62. The Bertz CT molecular complexity index is 1120. The molecule has 1 unspecified atom stereocenters. The van der Waals surface area contributed by atoms with Gasteiger partial charge in [0.2, 0.25) is 0 Å². The van der Waals surface area contributed by atoms with E-state index in [2.05, 4.69) is 13.8 Å². The van der Waals surface area contributed by atoms with E-state index in [9.17, 15) is 9.59 Å². The molecule has 1 atom stereocenters. The lowest BCUT2D eigenvalue weighted by Gasteiger charge is -2.44. The summed E-state index contributed by atoms with van der Waals surface area (Å²) in [5, 5.41) is 0.525. The minimum Gasteiger partial charge on any atom is -0.466 e. The van der Waals surface area contributed by atoms with Crippen molar-refractivity contribution in [3.05, 3.63) is 87.8 Å². The number of nitrogens with zero attached hydrogens (tertiary/aromatic N) is 1. The molecule has 0 aromatic heterocycles. The van der Waals surface area contributed by atoms with Crippen LogP contribution in [0.4, 0.5) is 5.69 Å². The predicted octanol–water partition coefficient (Wildman–Crippen LogP) is 4.93. The number of carbonyl (C=O) groups excluding carboxylic acids is 2. The van der Waals surface area contributed by atoms with Crippen molar-refractivity contribution in [1.29, 1.82) is 0 Å². The number of anilines is 1. The van der Waals surface area contributed by atoms with Crippen LogP contribution in [0.1, 0.15) is 38.2 Å². The van der Waals surface area contributed by atoms with Crippen molar-refractivity contribution < 1.29 is 14.3 Å². The van der Waals surface area contributed by atoms with Gasteiger partial charge in [-0.25, -0.2) is 4.79 Å². The molecule has 0 amide bonds. The molecule has 0 saturated carbocycles. The number of allylic oxidation sites excluding steroid dienone is 2. The van der Waals surface area contributed by atoms with Crippen LogP contribution in [0.5, 0.6) is 0 Å². The molecule has 2 aliphatic rings. The van der Waals surface area contributed by atoms with Gasteiger partial charge in [0.05, 0.1) is 18.6 Å². The molecule has 5 nitrogen and oxygen atoms in total. The van der Waals surface area contributed by atoms with Gasteiger partial charge in [0.15, 0.2) is 5.78 Å². The van der Waals surface area contributed by atoms with Crippen molar-refractivity contribution in [2.45, 2.75) is 32.6 Å². The predicted molar refractivity (Wildman–Crippen MR) is 121 cm³/mol. The third kappa shape index (κ3) is 3.74. The number of ether oxygens (including phenoxy) is 1. The maximum absolute atomic E-state index is 13.5. The van der Waals surface area contributed by atoms with Gasteiger partial charge < -0.3 is 10.5 Å². The average Bonchev–Trinajstić information content (AvgIpc) is 2.72. The Morgan fingerprint density at radius 1 is 1.13 bits per heavy atom. The summed E-state index contributed by atoms with van der Waals surface area (Å²) in [6.45, 7) is 4.14. The van der Waals surface area contributed by atoms with Crippen molar-refractivity contribution in [3.63, 3.8) is 0 Å². The topological polar surface area (TPSA) is 72.6 Å². The smallest absolute Gasteiger partial charge is 0.338 e. The fourth-order valence-corrected chi connectivity index (χ4v) is 4.81. The molecule has 0 fully saturated rings. The summed E-state index contributed by atoms with van der Waals surface area (Å²) in [4.78, 5) is 28.3. The molecule has 1 aliphatic carbocycles. The van der Waals surface area contributed by atoms with Gasteiger partial charge in [0.25, 0.3) is 0 Å². The van der Waals surface area contributed by atoms with Crippen LogP contribution in [0.3, 0.4) is 0 Å². The van der Waals surface area contributed by atoms with Gasteiger partial charge in [-0.3, -0.25) is 9.69 Å². The number of hydrogen-bond donors (Lipinski definition) is 1. The van der Waals surface area contributed by atoms with Gasteiger partial charge in [0.1, 0.15) is 5.82 Å². The van der Waals surface area contributed by atoms with Crippen molar-refractivity contribution >= 4 is 29.0 Å². The molecule has 2 aromatic carbocycles. The number of hydrogen-bond acceptors (Lipinski definition) is 5. The first kappa shape index (κ1) is 21.2. The molecule has 0 spiro atoms. The number of benzene rings is 2. The van der Waals surface area contributed by atoms with Gasteiger partial charge in [-0.1, -0.05) is 55.8 Å². The van der Waals surface area contributed by atoms with Crippen LogP contribution in [0.2, 0.25) is 5.02 Å². The standard InChI is InChI=1S/C25H25ClN2O3/c1-25(2)13-18-21(19(29)14-25)20(15-8-7-9-16(26)12-15)22(24(30)31-3)23(27)28(18)17-10-5-4-6-11-17/h4-12,20H,13-14,27H2,1-3H3. The monoisotopic (exact) mass is 436 g/mol. The van der Waals surface area contributed by atoms with E-state index >= 15 is 0 Å². The quantitative estimate of drug-likeness (QED) is 0.690. The molecule has 0 saturated heterocycles. The Hall–Kier alpha value is -3.05. The molecule has 4 rings (SSSR count). The second-order valence-electron chi connectivity index (χ2n) is 8.75. The zero-order valence-corrected chi connectivity index (χ0v) is 18.6. The van der Waals surface area contributed by atoms with E-state index < -0.39 is 11.9 Å². The molecule has 0 radical (unpaired) electrons. The Balaban J connectivity index is 2.04. The number of ketones is 1. The van der Waals surface area contributed by atoms with E-state index in [-0.39, 0.29) is 22.6 Å². The van der Waals surface area contributed by atoms with Crippen LogP contribution in [0.25, 0.3) is 0 Å². The Morgan fingerprint density at radius 2 is 1.84 bits per heavy atom. The van der Waals surface area contributed by atoms with Crippen molar-refractivity contribution in [1.82, 2.24) is 0 Å². The summed E-state index contributed by atoms with van der Waals surface area (Å²) in [6, 6.07) is 16.8. The number of esters is 1. The lowest BCUT2D eigenvalue weighted by molar-refractivity contribution is -0.136. The molecular formula is C25H25ClN2O3. The Labute approximate surface area is 187 Å². The number of Topliss-reactive ketones (excluding diaryl/α,β-unsaturated/α-hetero) is 1. The van der Waals surface area contributed by atoms with E-state index in [0.29, 0.717) is 23.4 Å². The number of nitrogens with two attached hydrogens (primary N) is 1. The zero-order valence-electron chi connectivity index (χ0n) is 17.8. The van der Waals surface area contributed by atoms with Crippen LogP contribution in [-0.4, -0.2) is 18.9 Å². The van der Waals surface area contributed by atoms with Gasteiger partial charge in [-0.15, -0.1) is 0 Å². The van der Waals surface area contributed by atoms with E-state index in [1.807, 2.05) is 47.4 Å². The molecular weight excluding hydrogens is 412 g/mol. The third-order valence-electron chi connectivity index (χ3n) is 5.86. The Morgan fingerprint density at radius 3 is 2.48 bits per heavy atom. The van der Waals surface area contributed by atoms with E-state index in [0.717, 1.165) is 16.9 Å². The minimum atomic E-state index is -0.635. The fraction of sp³-hybridized carbons (Fsp3) is 0.280. The van der Waals surface area contributed by atoms with Crippen LogP contribution < -0.4 is 10.6 Å². The number of methoxy groups -OCH3 is 1. The van der Waals surface area contributed by atoms with E-state index in [1.165, 1.54) is 7.11 Å². The second kappa shape index (κ2) is 7.89. The molecule has 2 aromatic rings. The minimum absolute atomic E-state index is 0.00561. The van der Waals surface area contributed by atoms with Gasteiger partial charge in [-0.2, -0.15) is 0 Å². The lowest BCUT2D eigenvalue weighted by atomic mass is 9.68. The number of rotatable bonds is 3. The molecule has 31 heavy (non-hydrogen) atoms. The summed E-state index contributed by atoms with van der Waals surface area (Å²) in [7, 11) is 1.32. The van der Waals surface area contributed by atoms with E-state index in [1.54, 1.807) is 12.1 Å². The largest absolute Gasteiger partial charge is 0.466 e. The van der Waals surface area contributed by atoms with Crippen molar-refractivity contribution in [3.8, 4) is 0 Å². The van der Waals surface area contributed by atoms with Gasteiger partial charge in [0, 0.05) is 28.4 Å². The maximum atomic E-state index is 13.5. The third-order valence-corrected chi connectivity index (χ3v) is 6.10. The highest BCUT2D eigenvalue weighted by atomic mass is 35.5. The molecule has 160 valence electrons. The fourth-order valence-electron chi connectivity index (χ4n) is 4.61. The maximum Gasteiger partial charge on any atom is 0.338 e. The second-order valence-corrected chi connectivity index (χ2v) is 9.19. The molecule has 2 N–H and O–H groups in total. The molecule has 1 aliphatic heterocycles. The van der Waals surface area contributed by atoms with Crippen molar-refractivity contribution in [2.75, 3.05) is 12.0 Å². The zero-order chi connectivity index (χ0) is 22.3. The number of halogens is 1. The van der Waals surface area contributed by atoms with Crippen molar-refractivity contribution in [2.24, 2.45) is 11.1 Å². The lowest BCUT2D eigenvalue weighted by Crippen LogP contribution is -2.43. The summed E-state index contributed by atoms with van der Waals surface area (Å²) in [6.07, 6.45) is 1.04.